The van der Waals surface area contributed by atoms with Gasteiger partial charge in [-0.2, -0.15) is 0 Å². The van der Waals surface area contributed by atoms with Crippen LogP contribution in [0, 0.1) is 23.7 Å². The number of rotatable bonds is 9. The average Bonchev–Trinajstić information content (AvgIpc) is 2.69. The van der Waals surface area contributed by atoms with Gasteiger partial charge in [-0.3, -0.25) is 14.4 Å². The Kier molecular flexibility index (Phi) is 7.12. The van der Waals surface area contributed by atoms with Crippen molar-refractivity contribution in [3.05, 3.63) is 11.3 Å². The van der Waals surface area contributed by atoms with E-state index in [1.54, 1.807) is 13.8 Å². The Hall–Kier alpha value is -1.49. The Morgan fingerprint density at radius 2 is 1.56 bits per heavy atom. The maximum Gasteiger partial charge on any atom is 0.190 e. The number of aliphatic hydroxyl groups excluding tert-OH is 1. The molecular formula is C20H32O5. The number of Topliss-reactive ketones (excluding diaryl/α,β-unsaturated/α-hetero) is 3. The van der Waals surface area contributed by atoms with Crippen LogP contribution in [0.3, 0.4) is 0 Å². The average molecular weight is 352 g/mol. The van der Waals surface area contributed by atoms with E-state index in [2.05, 4.69) is 0 Å². The molecule has 0 spiro atoms. The molecule has 5 heteroatoms. The minimum Gasteiger partial charge on any atom is -0.508 e. The Balaban J connectivity index is 3.30. The first-order valence-corrected chi connectivity index (χ1v) is 9.22. The molecule has 0 aromatic heterocycles. The van der Waals surface area contributed by atoms with Gasteiger partial charge in [0.2, 0.25) is 0 Å². The van der Waals surface area contributed by atoms with E-state index >= 15 is 0 Å². The van der Waals surface area contributed by atoms with E-state index < -0.39 is 40.5 Å². The van der Waals surface area contributed by atoms with E-state index in [9.17, 15) is 24.6 Å². The van der Waals surface area contributed by atoms with Crippen molar-refractivity contribution < 1.29 is 24.6 Å². The lowest BCUT2D eigenvalue weighted by Crippen LogP contribution is -2.47. The van der Waals surface area contributed by atoms with Gasteiger partial charge < -0.3 is 10.2 Å². The summed E-state index contributed by atoms with van der Waals surface area (Å²) in [6.45, 7) is 11.1. The molecule has 0 aromatic rings. The topological polar surface area (TPSA) is 91.7 Å². The van der Waals surface area contributed by atoms with Crippen molar-refractivity contribution in [1.82, 2.24) is 0 Å². The van der Waals surface area contributed by atoms with Crippen LogP contribution in [0.5, 0.6) is 0 Å². The third-order valence-electron chi connectivity index (χ3n) is 4.84. The van der Waals surface area contributed by atoms with Gasteiger partial charge in [0.05, 0.1) is 5.92 Å². The molecule has 0 bridgehead atoms. The summed E-state index contributed by atoms with van der Waals surface area (Å²) in [7, 11) is 0. The van der Waals surface area contributed by atoms with Crippen LogP contribution in [0.15, 0.2) is 11.3 Å². The minimum absolute atomic E-state index is 0.0623. The summed E-state index contributed by atoms with van der Waals surface area (Å²) < 4.78 is 0. The van der Waals surface area contributed by atoms with Crippen molar-refractivity contribution in [1.29, 1.82) is 0 Å². The zero-order valence-electron chi connectivity index (χ0n) is 16.3. The summed E-state index contributed by atoms with van der Waals surface area (Å²) in [5.74, 6) is -3.49. The first kappa shape index (κ1) is 21.6. The molecular weight excluding hydrogens is 320 g/mol. The van der Waals surface area contributed by atoms with Crippen LogP contribution in [0.4, 0.5) is 0 Å². The minimum atomic E-state index is -2.26. The first-order chi connectivity index (χ1) is 11.4. The maximum atomic E-state index is 12.8. The molecule has 0 aliphatic heterocycles. The van der Waals surface area contributed by atoms with E-state index in [1.807, 2.05) is 27.7 Å². The van der Waals surface area contributed by atoms with Gasteiger partial charge in [-0.25, -0.2) is 0 Å². The summed E-state index contributed by atoms with van der Waals surface area (Å²) in [5.41, 5.74) is -2.65. The quantitative estimate of drug-likeness (QED) is 0.621. The highest BCUT2D eigenvalue weighted by Gasteiger charge is 2.58. The van der Waals surface area contributed by atoms with Gasteiger partial charge >= 0.3 is 0 Å². The Morgan fingerprint density at radius 1 is 1.04 bits per heavy atom. The normalized spacial score (nSPS) is 24.1. The van der Waals surface area contributed by atoms with Crippen LogP contribution in [0.2, 0.25) is 0 Å². The lowest BCUT2D eigenvalue weighted by Gasteiger charge is -2.28. The van der Waals surface area contributed by atoms with E-state index in [-0.39, 0.29) is 30.3 Å². The van der Waals surface area contributed by atoms with Crippen molar-refractivity contribution in [3.8, 4) is 0 Å². The van der Waals surface area contributed by atoms with E-state index in [0.717, 1.165) is 0 Å². The third-order valence-corrected chi connectivity index (χ3v) is 4.84. The molecule has 0 saturated heterocycles. The zero-order valence-corrected chi connectivity index (χ0v) is 16.3. The molecule has 142 valence electrons. The van der Waals surface area contributed by atoms with Gasteiger partial charge in [0, 0.05) is 12.3 Å². The third kappa shape index (κ3) is 4.38. The number of ketones is 3. The Bertz CT molecular complexity index is 571. The molecule has 2 atom stereocenters. The van der Waals surface area contributed by atoms with Gasteiger partial charge in [0.25, 0.3) is 0 Å². The summed E-state index contributed by atoms with van der Waals surface area (Å²) >= 11 is 0. The fourth-order valence-corrected chi connectivity index (χ4v) is 3.14. The molecule has 25 heavy (non-hydrogen) atoms. The second-order valence-corrected chi connectivity index (χ2v) is 8.25. The molecule has 5 nitrogen and oxygen atoms in total. The standard InChI is InChI=1S/C20H32O5/c1-11(2)7-9-14-18(23)16(17(22)13(5)6)19(24)20(14,25)15(21)10-8-12(3)4/h11-14,24-25H,7-10H2,1-6H3/t14?,20-/m1/s1. The molecule has 2 N–H and O–H groups in total. The van der Waals surface area contributed by atoms with Crippen LogP contribution < -0.4 is 0 Å². The fourth-order valence-electron chi connectivity index (χ4n) is 3.14. The summed E-state index contributed by atoms with van der Waals surface area (Å²) in [6, 6.07) is 0. The second kappa shape index (κ2) is 8.26. The maximum absolute atomic E-state index is 12.8. The highest BCUT2D eigenvalue weighted by atomic mass is 16.3. The molecule has 1 aliphatic rings. The highest BCUT2D eigenvalue weighted by Crippen LogP contribution is 2.42. The second-order valence-electron chi connectivity index (χ2n) is 8.25. The van der Waals surface area contributed by atoms with Crippen molar-refractivity contribution in [2.45, 2.75) is 72.8 Å². The monoisotopic (exact) mass is 352 g/mol. The lowest BCUT2D eigenvalue weighted by molar-refractivity contribution is -0.145. The highest BCUT2D eigenvalue weighted by molar-refractivity contribution is 6.26. The summed E-state index contributed by atoms with van der Waals surface area (Å²) in [4.78, 5) is 37.9. The predicted molar refractivity (Wildman–Crippen MR) is 96.1 cm³/mol. The smallest absolute Gasteiger partial charge is 0.190 e. The molecule has 0 heterocycles. The molecule has 0 saturated carbocycles. The Labute approximate surface area is 150 Å². The number of carbonyl (C=O) groups is 3. The largest absolute Gasteiger partial charge is 0.508 e. The SMILES string of the molecule is CC(C)CCC(=O)[C@@]1(O)C(O)=C(C(=O)C(C)C)C(=O)C1CCC(C)C. The van der Waals surface area contributed by atoms with E-state index in [4.69, 9.17) is 0 Å². The van der Waals surface area contributed by atoms with Gasteiger partial charge in [0.1, 0.15) is 11.3 Å². The van der Waals surface area contributed by atoms with Gasteiger partial charge in [0.15, 0.2) is 23.0 Å². The number of allylic oxidation sites excluding steroid dienone is 1. The summed E-state index contributed by atoms with van der Waals surface area (Å²) in [6.07, 6.45) is 1.49. The molecule has 0 fully saturated rings. The summed E-state index contributed by atoms with van der Waals surface area (Å²) in [5, 5.41) is 21.6. The molecule has 1 rings (SSSR count). The molecule has 0 amide bonds. The van der Waals surface area contributed by atoms with E-state index in [0.29, 0.717) is 12.8 Å². The van der Waals surface area contributed by atoms with Crippen LogP contribution in [-0.2, 0) is 14.4 Å². The van der Waals surface area contributed by atoms with E-state index in [1.165, 1.54) is 0 Å². The van der Waals surface area contributed by atoms with Crippen molar-refractivity contribution in [2.75, 3.05) is 0 Å². The predicted octanol–water partition coefficient (Wildman–Crippen LogP) is 3.40. The lowest BCUT2D eigenvalue weighted by atomic mass is 9.79. The van der Waals surface area contributed by atoms with Crippen LogP contribution in [0.25, 0.3) is 0 Å². The number of hydrogen-bond acceptors (Lipinski definition) is 5. The van der Waals surface area contributed by atoms with Crippen molar-refractivity contribution >= 4 is 17.3 Å². The van der Waals surface area contributed by atoms with Gasteiger partial charge in [-0.15, -0.1) is 0 Å². The van der Waals surface area contributed by atoms with Crippen LogP contribution in [-0.4, -0.2) is 33.2 Å². The Morgan fingerprint density at radius 3 is 2.00 bits per heavy atom. The van der Waals surface area contributed by atoms with Gasteiger partial charge in [-0.05, 0) is 24.7 Å². The van der Waals surface area contributed by atoms with Gasteiger partial charge in [-0.1, -0.05) is 48.0 Å². The van der Waals surface area contributed by atoms with Crippen LogP contribution >= 0.6 is 0 Å². The zero-order chi connectivity index (χ0) is 19.5. The van der Waals surface area contributed by atoms with Crippen molar-refractivity contribution in [2.24, 2.45) is 23.7 Å². The number of carbonyl (C=O) groups excluding carboxylic acids is 3. The molecule has 1 unspecified atom stereocenters. The molecule has 0 aromatic carbocycles. The van der Waals surface area contributed by atoms with Crippen LogP contribution in [0.1, 0.15) is 67.2 Å². The molecule has 0 radical (unpaired) electrons. The molecule has 1 aliphatic carbocycles. The fraction of sp³-hybridized carbons (Fsp3) is 0.750. The first-order valence-electron chi connectivity index (χ1n) is 9.22. The number of aliphatic hydroxyl groups is 2. The van der Waals surface area contributed by atoms with Crippen molar-refractivity contribution in [3.63, 3.8) is 0 Å². The number of hydrogen-bond donors (Lipinski definition) is 2.